The van der Waals surface area contributed by atoms with Gasteiger partial charge >= 0.3 is 5.97 Å². The van der Waals surface area contributed by atoms with Crippen molar-refractivity contribution in [3.8, 4) is 0 Å². The van der Waals surface area contributed by atoms with Crippen LogP contribution in [0.4, 0.5) is 0 Å². The van der Waals surface area contributed by atoms with Gasteiger partial charge in [0, 0.05) is 5.92 Å². The number of ketones is 1. The number of rotatable bonds is 1. The summed E-state index contributed by atoms with van der Waals surface area (Å²) in [6.45, 7) is 15.8. The first kappa shape index (κ1) is 24.5. The van der Waals surface area contributed by atoms with E-state index in [2.05, 4.69) is 41.5 Å². The summed E-state index contributed by atoms with van der Waals surface area (Å²) in [4.78, 5) is 26.4. The highest BCUT2D eigenvalue weighted by Gasteiger charge is 2.70. The first-order valence-electron chi connectivity index (χ1n) is 13.7. The number of carbonyl (C=O) groups is 2. The number of carboxylic acid groups (broad SMARTS) is 1. The Balaban J connectivity index is 1.62. The average Bonchev–Trinajstić information content (AvgIpc) is 2.73. The zero-order valence-electron chi connectivity index (χ0n) is 22.5. The van der Waals surface area contributed by atoms with E-state index in [4.69, 9.17) is 0 Å². The number of aliphatic hydroxyl groups excluding tert-OH is 1. The molecule has 0 amide bonds. The monoisotopic (exact) mass is 470 g/mol. The van der Waals surface area contributed by atoms with Crippen LogP contribution in [0.15, 0.2) is 11.6 Å². The van der Waals surface area contributed by atoms with Crippen molar-refractivity contribution in [1.82, 2.24) is 0 Å². The molecule has 34 heavy (non-hydrogen) atoms. The van der Waals surface area contributed by atoms with Gasteiger partial charge in [-0.25, -0.2) is 0 Å². The normalized spacial score (nSPS) is 54.1. The van der Waals surface area contributed by atoms with E-state index in [0.29, 0.717) is 12.3 Å². The number of carbonyl (C=O) groups excluding carboxylic acids is 1. The second-order valence-corrected chi connectivity index (χ2v) is 14.9. The second kappa shape index (κ2) is 6.99. The molecule has 4 fully saturated rings. The fraction of sp³-hybridized carbons (Fsp3) is 0.867. The van der Waals surface area contributed by atoms with Gasteiger partial charge < -0.3 is 10.2 Å². The molecule has 5 aliphatic rings. The molecule has 9 atom stereocenters. The molecular weight excluding hydrogens is 424 g/mol. The van der Waals surface area contributed by atoms with Crippen LogP contribution in [0.5, 0.6) is 0 Å². The summed E-state index contributed by atoms with van der Waals surface area (Å²) in [7, 11) is 0. The number of allylic oxidation sites excluding steroid dienone is 2. The molecule has 0 heterocycles. The highest BCUT2D eigenvalue weighted by molar-refractivity contribution is 5.95. The van der Waals surface area contributed by atoms with Crippen molar-refractivity contribution in [2.75, 3.05) is 0 Å². The van der Waals surface area contributed by atoms with Gasteiger partial charge in [-0.15, -0.1) is 0 Å². The van der Waals surface area contributed by atoms with Crippen LogP contribution in [0, 0.1) is 50.2 Å². The topological polar surface area (TPSA) is 74.6 Å². The van der Waals surface area contributed by atoms with Gasteiger partial charge in [0.25, 0.3) is 0 Å². The Bertz CT molecular complexity index is 965. The third kappa shape index (κ3) is 2.81. The van der Waals surface area contributed by atoms with Gasteiger partial charge in [0.2, 0.25) is 0 Å². The molecule has 0 bridgehead atoms. The lowest BCUT2D eigenvalue weighted by Crippen LogP contribution is -2.66. The fourth-order valence-corrected chi connectivity index (χ4v) is 10.4. The zero-order chi connectivity index (χ0) is 25.1. The summed E-state index contributed by atoms with van der Waals surface area (Å²) in [5.41, 5.74) is 0.142. The second-order valence-electron chi connectivity index (χ2n) is 14.9. The van der Waals surface area contributed by atoms with Crippen LogP contribution in [0.25, 0.3) is 0 Å². The number of aliphatic carboxylic acids is 1. The lowest BCUT2D eigenvalue weighted by molar-refractivity contribution is -0.202. The molecule has 0 spiro atoms. The summed E-state index contributed by atoms with van der Waals surface area (Å²) in [5.74, 6) is 0.0603. The predicted octanol–water partition coefficient (Wildman–Crippen LogP) is 6.41. The van der Waals surface area contributed by atoms with Crippen molar-refractivity contribution >= 4 is 11.8 Å². The van der Waals surface area contributed by atoms with E-state index in [0.717, 1.165) is 51.4 Å². The molecule has 0 aromatic rings. The van der Waals surface area contributed by atoms with Crippen molar-refractivity contribution < 1.29 is 19.8 Å². The third-order valence-electron chi connectivity index (χ3n) is 13.1. The van der Waals surface area contributed by atoms with Crippen molar-refractivity contribution in [2.24, 2.45) is 50.2 Å². The maximum Gasteiger partial charge on any atom is 0.309 e. The lowest BCUT2D eigenvalue weighted by atomic mass is 9.33. The van der Waals surface area contributed by atoms with Crippen LogP contribution in [-0.4, -0.2) is 28.1 Å². The Hall–Kier alpha value is -1.16. The van der Waals surface area contributed by atoms with Gasteiger partial charge in [0.1, 0.15) is 0 Å². The first-order chi connectivity index (χ1) is 15.6. The van der Waals surface area contributed by atoms with Gasteiger partial charge in [-0.3, -0.25) is 9.59 Å². The minimum Gasteiger partial charge on any atom is -0.481 e. The molecule has 0 saturated heterocycles. The number of fused-ring (bicyclic) bond motifs is 7. The highest BCUT2D eigenvalue weighted by atomic mass is 16.4. The minimum absolute atomic E-state index is 0.0296. The Kier molecular flexibility index (Phi) is 5.04. The molecule has 4 heteroatoms. The molecule has 5 aliphatic carbocycles. The van der Waals surface area contributed by atoms with Gasteiger partial charge in [-0.2, -0.15) is 0 Å². The standard InChI is InChI=1S/C30H46O4/c1-25(2)21-8-11-30(7)23(28(21,5)10-9-22(25)32)20(31)16-18-19-17-27(4,24(33)34)13-12-26(19,3)14-15-29(18,30)6/h16,19,21-23,32H,8-15,17H2,1-7H3,(H,33,34)/t19-,21+,22+,23+,26+,27-,28-,29+,30+/m0/s1. The van der Waals surface area contributed by atoms with E-state index in [1.165, 1.54) is 5.57 Å². The van der Waals surface area contributed by atoms with E-state index >= 15 is 0 Å². The van der Waals surface area contributed by atoms with Gasteiger partial charge in [0.05, 0.1) is 11.5 Å². The summed E-state index contributed by atoms with van der Waals surface area (Å²) in [5, 5.41) is 20.9. The maximum absolute atomic E-state index is 14.2. The molecule has 0 aliphatic heterocycles. The molecule has 190 valence electrons. The van der Waals surface area contributed by atoms with Gasteiger partial charge in [0.15, 0.2) is 5.78 Å². The molecule has 0 unspecified atom stereocenters. The Morgan fingerprint density at radius 2 is 1.56 bits per heavy atom. The maximum atomic E-state index is 14.2. The van der Waals surface area contributed by atoms with Crippen molar-refractivity contribution in [1.29, 1.82) is 0 Å². The lowest BCUT2D eigenvalue weighted by Gasteiger charge is -2.70. The third-order valence-corrected chi connectivity index (χ3v) is 13.1. The van der Waals surface area contributed by atoms with E-state index in [1.807, 2.05) is 13.0 Å². The quantitative estimate of drug-likeness (QED) is 0.464. The Morgan fingerprint density at radius 1 is 0.912 bits per heavy atom. The minimum atomic E-state index is -0.711. The van der Waals surface area contributed by atoms with Crippen LogP contribution in [0.3, 0.4) is 0 Å². The summed E-state index contributed by atoms with van der Waals surface area (Å²) in [6.07, 6.45) is 9.95. The smallest absolute Gasteiger partial charge is 0.309 e. The van der Waals surface area contributed by atoms with Gasteiger partial charge in [-0.1, -0.05) is 47.1 Å². The van der Waals surface area contributed by atoms with Crippen molar-refractivity contribution in [3.63, 3.8) is 0 Å². The van der Waals surface area contributed by atoms with Crippen LogP contribution in [0.1, 0.15) is 106 Å². The summed E-state index contributed by atoms with van der Waals surface area (Å²) >= 11 is 0. The van der Waals surface area contributed by atoms with Crippen LogP contribution in [-0.2, 0) is 9.59 Å². The number of hydrogen-bond acceptors (Lipinski definition) is 3. The number of hydrogen-bond donors (Lipinski definition) is 2. The average molecular weight is 471 g/mol. The molecular formula is C30H46O4. The summed E-state index contributed by atoms with van der Waals surface area (Å²) in [6, 6.07) is 0. The van der Waals surface area contributed by atoms with E-state index in [-0.39, 0.29) is 50.8 Å². The molecule has 4 saturated carbocycles. The number of carboxylic acids is 1. The molecule has 0 aromatic carbocycles. The molecule has 5 rings (SSSR count). The SMILES string of the molecule is CC1(C)[C@H](O)CC[C@@]2(C)[C@@H]1CC[C@]1(C)[C@@H]2C(=O)C=C2[C@@H]3C[C@@](C)(C(=O)O)CC[C@]3(C)CC[C@]21C. The predicted molar refractivity (Wildman–Crippen MR) is 133 cm³/mol. The van der Waals surface area contributed by atoms with E-state index in [9.17, 15) is 19.8 Å². The summed E-state index contributed by atoms with van der Waals surface area (Å²) < 4.78 is 0. The zero-order valence-corrected chi connectivity index (χ0v) is 22.5. The fourth-order valence-electron chi connectivity index (χ4n) is 10.4. The van der Waals surface area contributed by atoms with E-state index in [1.54, 1.807) is 0 Å². The van der Waals surface area contributed by atoms with Crippen LogP contribution < -0.4 is 0 Å². The Morgan fingerprint density at radius 3 is 2.21 bits per heavy atom. The van der Waals surface area contributed by atoms with Crippen LogP contribution in [0.2, 0.25) is 0 Å². The molecule has 2 N–H and O–H groups in total. The largest absolute Gasteiger partial charge is 0.481 e. The van der Waals surface area contributed by atoms with Gasteiger partial charge in [-0.05, 0) is 110 Å². The van der Waals surface area contributed by atoms with Crippen LogP contribution >= 0.6 is 0 Å². The highest BCUT2D eigenvalue weighted by Crippen LogP contribution is 2.75. The molecule has 4 nitrogen and oxygen atoms in total. The van der Waals surface area contributed by atoms with Crippen molar-refractivity contribution in [2.45, 2.75) is 112 Å². The van der Waals surface area contributed by atoms with E-state index < -0.39 is 11.4 Å². The number of aliphatic hydroxyl groups is 1. The van der Waals surface area contributed by atoms with Crippen molar-refractivity contribution in [3.05, 3.63) is 11.6 Å². The first-order valence-corrected chi connectivity index (χ1v) is 13.7. The Labute approximate surface area is 206 Å². The molecule has 0 radical (unpaired) electrons. The molecule has 0 aromatic heterocycles.